The van der Waals surface area contributed by atoms with Crippen LogP contribution in [-0.4, -0.2) is 45.7 Å². The molecule has 164 valence electrons. The van der Waals surface area contributed by atoms with E-state index >= 15 is 0 Å². The Morgan fingerprint density at radius 3 is 2.66 bits per heavy atom. The summed E-state index contributed by atoms with van der Waals surface area (Å²) in [6.45, 7) is -0.836. The van der Waals surface area contributed by atoms with Crippen LogP contribution in [0.4, 0.5) is 20.2 Å². The SMILES string of the molecule is N#Cc1ccc(NCC2CN(c3cc(-c4c[nH]c(=O)[nH]c4=O)n[nH]c3=O)CC2(F)F)cc1. The predicted molar refractivity (Wildman–Crippen MR) is 112 cm³/mol. The maximum atomic E-state index is 14.7. The third-order valence-corrected chi connectivity index (χ3v) is 5.23. The standard InChI is InChI=1S/C20H17F2N7O3/c21-20(22)10-29(9-12(20)7-24-13-3-1-11(6-23)2-4-13)16-5-15(27-28-18(16)31)14-8-25-19(32)26-17(14)30/h1-5,8,12,24H,7,9-10H2,(H,28,31)(H2,25,26,30,32). The molecule has 3 heterocycles. The summed E-state index contributed by atoms with van der Waals surface area (Å²) in [5, 5.41) is 17.8. The number of nitrogens with one attached hydrogen (secondary N) is 4. The molecular formula is C20H17F2N7O3. The molecule has 1 saturated heterocycles. The van der Waals surface area contributed by atoms with Gasteiger partial charge < -0.3 is 15.2 Å². The first-order chi connectivity index (χ1) is 15.3. The van der Waals surface area contributed by atoms with Gasteiger partial charge in [-0.05, 0) is 30.3 Å². The molecule has 1 fully saturated rings. The van der Waals surface area contributed by atoms with Crippen molar-refractivity contribution < 1.29 is 8.78 Å². The summed E-state index contributed by atoms with van der Waals surface area (Å²) < 4.78 is 29.4. The fourth-order valence-electron chi connectivity index (χ4n) is 3.52. The van der Waals surface area contributed by atoms with Crippen LogP contribution in [0.3, 0.4) is 0 Å². The van der Waals surface area contributed by atoms with E-state index in [0.717, 1.165) is 6.20 Å². The van der Waals surface area contributed by atoms with Crippen LogP contribution in [0.1, 0.15) is 5.56 Å². The van der Waals surface area contributed by atoms with E-state index in [1.54, 1.807) is 24.3 Å². The molecule has 4 N–H and O–H groups in total. The Hall–Kier alpha value is -4.27. The highest BCUT2D eigenvalue weighted by atomic mass is 19.3. The van der Waals surface area contributed by atoms with E-state index in [2.05, 4.69) is 20.5 Å². The van der Waals surface area contributed by atoms with Crippen molar-refractivity contribution in [2.24, 2.45) is 5.92 Å². The first-order valence-corrected chi connectivity index (χ1v) is 9.56. The molecular weight excluding hydrogens is 424 g/mol. The van der Waals surface area contributed by atoms with E-state index in [-0.39, 0.29) is 30.0 Å². The number of alkyl halides is 2. The van der Waals surface area contributed by atoms with Crippen LogP contribution in [0, 0.1) is 17.2 Å². The number of benzene rings is 1. The van der Waals surface area contributed by atoms with Crippen molar-refractivity contribution in [2.45, 2.75) is 5.92 Å². The number of aromatic amines is 3. The molecule has 1 aliphatic rings. The second-order valence-electron chi connectivity index (χ2n) is 7.36. The van der Waals surface area contributed by atoms with Gasteiger partial charge in [0.05, 0.1) is 35.4 Å². The molecule has 0 saturated carbocycles. The number of nitrogens with zero attached hydrogens (tertiary/aromatic N) is 3. The van der Waals surface area contributed by atoms with Crippen molar-refractivity contribution in [1.82, 2.24) is 20.2 Å². The minimum atomic E-state index is -3.08. The molecule has 0 aliphatic carbocycles. The summed E-state index contributed by atoms with van der Waals surface area (Å²) in [4.78, 5) is 41.1. The fourth-order valence-corrected chi connectivity index (χ4v) is 3.52. The second-order valence-corrected chi connectivity index (χ2v) is 7.36. The van der Waals surface area contributed by atoms with Crippen molar-refractivity contribution >= 4 is 11.4 Å². The molecule has 0 amide bonds. The van der Waals surface area contributed by atoms with Gasteiger partial charge in [0.2, 0.25) is 0 Å². The van der Waals surface area contributed by atoms with Crippen molar-refractivity contribution in [3.05, 3.63) is 73.3 Å². The van der Waals surface area contributed by atoms with E-state index in [9.17, 15) is 23.2 Å². The second kappa shape index (κ2) is 8.10. The van der Waals surface area contributed by atoms with Crippen LogP contribution in [0.5, 0.6) is 0 Å². The summed E-state index contributed by atoms with van der Waals surface area (Å²) in [5.41, 5.74) is -1.10. The lowest BCUT2D eigenvalue weighted by Gasteiger charge is -2.18. The van der Waals surface area contributed by atoms with Crippen molar-refractivity contribution in [3.63, 3.8) is 0 Å². The summed E-state index contributed by atoms with van der Waals surface area (Å²) >= 11 is 0. The van der Waals surface area contributed by atoms with Crippen LogP contribution in [0.2, 0.25) is 0 Å². The Morgan fingerprint density at radius 1 is 1.22 bits per heavy atom. The minimum absolute atomic E-state index is 0.0212. The molecule has 1 aliphatic heterocycles. The van der Waals surface area contributed by atoms with Gasteiger partial charge in [-0.15, -0.1) is 0 Å². The molecule has 4 rings (SSSR count). The van der Waals surface area contributed by atoms with Crippen LogP contribution in [0.15, 0.2) is 50.9 Å². The molecule has 10 nitrogen and oxygen atoms in total. The highest BCUT2D eigenvalue weighted by Gasteiger charge is 2.48. The van der Waals surface area contributed by atoms with E-state index in [1.165, 1.54) is 11.0 Å². The van der Waals surface area contributed by atoms with Gasteiger partial charge in [0, 0.05) is 25.0 Å². The first kappa shape index (κ1) is 21.0. The molecule has 32 heavy (non-hydrogen) atoms. The molecule has 1 unspecified atom stereocenters. The van der Waals surface area contributed by atoms with Crippen LogP contribution >= 0.6 is 0 Å². The molecule has 3 aromatic rings. The van der Waals surface area contributed by atoms with Gasteiger partial charge >= 0.3 is 5.69 Å². The zero-order chi connectivity index (χ0) is 22.9. The maximum absolute atomic E-state index is 14.7. The Balaban J connectivity index is 1.55. The monoisotopic (exact) mass is 441 g/mol. The number of anilines is 2. The molecule has 1 aromatic carbocycles. The lowest BCUT2D eigenvalue weighted by atomic mass is 10.1. The highest BCUT2D eigenvalue weighted by molar-refractivity contribution is 5.62. The maximum Gasteiger partial charge on any atom is 0.325 e. The Bertz CT molecular complexity index is 1360. The normalized spacial score (nSPS) is 17.2. The molecule has 0 spiro atoms. The van der Waals surface area contributed by atoms with Crippen LogP contribution < -0.4 is 27.0 Å². The Kier molecular flexibility index (Phi) is 5.31. The fraction of sp³-hybridized carbons (Fsp3) is 0.250. The third-order valence-electron chi connectivity index (χ3n) is 5.23. The average Bonchev–Trinajstić information content (AvgIpc) is 3.07. The number of halogens is 2. The predicted octanol–water partition coefficient (Wildman–Crippen LogP) is 0.869. The van der Waals surface area contributed by atoms with E-state index < -0.39 is 35.2 Å². The van der Waals surface area contributed by atoms with Gasteiger partial charge in [0.1, 0.15) is 5.69 Å². The topological polar surface area (TPSA) is 151 Å². The quantitative estimate of drug-likeness (QED) is 0.459. The van der Waals surface area contributed by atoms with Crippen molar-refractivity contribution in [1.29, 1.82) is 5.26 Å². The van der Waals surface area contributed by atoms with Gasteiger partial charge in [-0.1, -0.05) is 0 Å². The van der Waals surface area contributed by atoms with Crippen molar-refractivity contribution in [2.75, 3.05) is 29.9 Å². The lowest BCUT2D eigenvalue weighted by molar-refractivity contribution is -0.0157. The summed E-state index contributed by atoms with van der Waals surface area (Å²) in [5.74, 6) is -4.17. The molecule has 1 atom stereocenters. The van der Waals surface area contributed by atoms with Gasteiger partial charge in [-0.25, -0.2) is 18.7 Å². The summed E-state index contributed by atoms with van der Waals surface area (Å²) in [6, 6.07) is 9.65. The first-order valence-electron chi connectivity index (χ1n) is 9.56. The van der Waals surface area contributed by atoms with E-state index in [0.29, 0.717) is 11.3 Å². The number of hydrogen-bond donors (Lipinski definition) is 4. The third kappa shape index (κ3) is 4.13. The van der Waals surface area contributed by atoms with Gasteiger partial charge in [-0.2, -0.15) is 10.4 Å². The highest BCUT2D eigenvalue weighted by Crippen LogP contribution is 2.35. The Labute approximate surface area is 178 Å². The largest absolute Gasteiger partial charge is 0.384 e. The number of H-pyrrole nitrogens is 3. The number of rotatable bonds is 5. The zero-order valence-electron chi connectivity index (χ0n) is 16.5. The summed E-state index contributed by atoms with van der Waals surface area (Å²) in [7, 11) is 0. The molecule has 0 radical (unpaired) electrons. The lowest BCUT2D eigenvalue weighted by Crippen LogP contribution is -2.32. The molecule has 12 heteroatoms. The van der Waals surface area contributed by atoms with Crippen molar-refractivity contribution in [3.8, 4) is 17.3 Å². The van der Waals surface area contributed by atoms with Gasteiger partial charge in [-0.3, -0.25) is 14.6 Å². The summed E-state index contributed by atoms with van der Waals surface area (Å²) in [6.07, 6.45) is 1.13. The number of nitriles is 1. The van der Waals surface area contributed by atoms with Gasteiger partial charge in [0.15, 0.2) is 0 Å². The van der Waals surface area contributed by atoms with E-state index in [1.807, 2.05) is 11.1 Å². The van der Waals surface area contributed by atoms with Crippen LogP contribution in [0.25, 0.3) is 11.3 Å². The smallest absolute Gasteiger partial charge is 0.325 e. The van der Waals surface area contributed by atoms with Gasteiger partial charge in [0.25, 0.3) is 17.0 Å². The number of hydrogen-bond acceptors (Lipinski definition) is 7. The average molecular weight is 441 g/mol. The molecule has 2 aromatic heterocycles. The van der Waals surface area contributed by atoms with E-state index in [4.69, 9.17) is 5.26 Å². The zero-order valence-corrected chi connectivity index (χ0v) is 16.5. The molecule has 0 bridgehead atoms. The van der Waals surface area contributed by atoms with Crippen LogP contribution in [-0.2, 0) is 0 Å². The Morgan fingerprint density at radius 2 is 1.97 bits per heavy atom. The minimum Gasteiger partial charge on any atom is -0.384 e. The number of aromatic nitrogens is 4.